The fraction of sp³-hybridized carbons (Fsp3) is 0.174. The molecule has 4 rings (SSSR count). The first kappa shape index (κ1) is 19.1. The van der Waals surface area contributed by atoms with Gasteiger partial charge in [0.05, 0.1) is 11.4 Å². The van der Waals surface area contributed by atoms with Crippen LogP contribution >= 0.6 is 11.3 Å². The predicted octanol–water partition coefficient (Wildman–Crippen LogP) is 3.93. The van der Waals surface area contributed by atoms with E-state index >= 15 is 0 Å². The van der Waals surface area contributed by atoms with E-state index in [4.69, 9.17) is 0 Å². The van der Waals surface area contributed by atoms with E-state index in [1.165, 1.54) is 11.3 Å². The Kier molecular flexibility index (Phi) is 5.03. The van der Waals surface area contributed by atoms with Crippen molar-refractivity contribution in [3.8, 4) is 0 Å². The van der Waals surface area contributed by atoms with Crippen molar-refractivity contribution in [2.45, 2.75) is 18.9 Å². The average Bonchev–Trinajstić information content (AvgIpc) is 3.27. The molecule has 1 aliphatic rings. The normalized spacial score (nSPS) is 18.7. The molecule has 0 radical (unpaired) electrons. The second kappa shape index (κ2) is 7.64. The molecule has 0 spiro atoms. The predicted molar refractivity (Wildman–Crippen MR) is 112 cm³/mol. The van der Waals surface area contributed by atoms with E-state index in [-0.39, 0.29) is 12.3 Å². The molecule has 0 unspecified atom stereocenters. The quantitative estimate of drug-likeness (QED) is 0.500. The van der Waals surface area contributed by atoms with Crippen LogP contribution in [0.4, 0.5) is 4.79 Å². The Labute approximate surface area is 173 Å². The number of imide groups is 1. The number of thiophene rings is 1. The van der Waals surface area contributed by atoms with Crippen LogP contribution in [-0.4, -0.2) is 29.2 Å². The van der Waals surface area contributed by atoms with Crippen molar-refractivity contribution < 1.29 is 14.4 Å². The Balaban J connectivity index is 1.68. The molecule has 0 bridgehead atoms. The van der Waals surface area contributed by atoms with Crippen molar-refractivity contribution in [3.05, 3.63) is 93.7 Å². The molecule has 1 atom stereocenters. The standard InChI is InChI=1S/C23H20N2O3S/c1-16-12-13-20(29-16)19(26)15-25-21(27)23(24-22(25)28,18-10-6-3-7-11-18)14-17-8-4-2-5-9-17/h2-13H,14-15H2,1H3,(H,24,28)/t23-/m0/s1. The van der Waals surface area contributed by atoms with Crippen LogP contribution in [0.15, 0.2) is 72.8 Å². The van der Waals surface area contributed by atoms with Gasteiger partial charge in [-0.2, -0.15) is 0 Å². The highest BCUT2D eigenvalue weighted by Gasteiger charge is 2.52. The lowest BCUT2D eigenvalue weighted by Crippen LogP contribution is -2.46. The molecule has 3 aromatic rings. The van der Waals surface area contributed by atoms with E-state index in [0.29, 0.717) is 16.9 Å². The highest BCUT2D eigenvalue weighted by Crippen LogP contribution is 2.33. The third kappa shape index (κ3) is 3.59. The third-order valence-corrected chi connectivity index (χ3v) is 6.11. The summed E-state index contributed by atoms with van der Waals surface area (Å²) in [6.07, 6.45) is 0.311. The SMILES string of the molecule is Cc1ccc(C(=O)CN2C(=O)N[C@@](Cc3ccccc3)(c3ccccc3)C2=O)s1. The summed E-state index contributed by atoms with van der Waals surface area (Å²) in [5.74, 6) is -0.644. The number of carbonyl (C=O) groups excluding carboxylic acids is 3. The van der Waals surface area contributed by atoms with E-state index in [0.717, 1.165) is 15.3 Å². The number of ketones is 1. The van der Waals surface area contributed by atoms with Crippen LogP contribution in [0.3, 0.4) is 0 Å². The van der Waals surface area contributed by atoms with Crippen LogP contribution in [0.2, 0.25) is 0 Å². The average molecular weight is 404 g/mol. The fourth-order valence-electron chi connectivity index (χ4n) is 3.62. The van der Waals surface area contributed by atoms with Crippen LogP contribution in [0.25, 0.3) is 0 Å². The molecule has 1 N–H and O–H groups in total. The number of Topliss-reactive ketones (excluding diaryl/α,β-unsaturated/α-hetero) is 1. The topological polar surface area (TPSA) is 66.5 Å². The number of aryl methyl sites for hydroxylation is 1. The molecule has 1 aliphatic heterocycles. The number of amides is 3. The lowest BCUT2D eigenvalue weighted by molar-refractivity contribution is -0.131. The zero-order chi connectivity index (χ0) is 20.4. The Morgan fingerprint density at radius 3 is 2.24 bits per heavy atom. The molecular weight excluding hydrogens is 384 g/mol. The number of benzene rings is 2. The minimum absolute atomic E-state index is 0.241. The summed E-state index contributed by atoms with van der Waals surface area (Å²) in [5.41, 5.74) is 0.391. The van der Waals surface area contributed by atoms with Gasteiger partial charge in [-0.05, 0) is 30.2 Å². The smallest absolute Gasteiger partial charge is 0.319 e. The number of nitrogens with zero attached hydrogens (tertiary/aromatic N) is 1. The van der Waals surface area contributed by atoms with Crippen LogP contribution in [0, 0.1) is 6.92 Å². The summed E-state index contributed by atoms with van der Waals surface area (Å²) in [6.45, 7) is 1.64. The summed E-state index contributed by atoms with van der Waals surface area (Å²) in [4.78, 5) is 41.5. The summed E-state index contributed by atoms with van der Waals surface area (Å²) >= 11 is 1.36. The van der Waals surface area contributed by atoms with E-state index in [1.54, 1.807) is 6.07 Å². The zero-order valence-electron chi connectivity index (χ0n) is 15.9. The van der Waals surface area contributed by atoms with Gasteiger partial charge in [0.15, 0.2) is 11.3 Å². The minimum atomic E-state index is -1.23. The molecule has 1 fully saturated rings. The van der Waals surface area contributed by atoms with E-state index < -0.39 is 17.5 Å². The lowest BCUT2D eigenvalue weighted by atomic mass is 9.83. The van der Waals surface area contributed by atoms with E-state index in [9.17, 15) is 14.4 Å². The van der Waals surface area contributed by atoms with E-state index in [1.807, 2.05) is 73.7 Å². The summed E-state index contributed by atoms with van der Waals surface area (Å²) in [6, 6.07) is 21.8. The van der Waals surface area contributed by atoms with Crippen LogP contribution in [0.1, 0.15) is 25.7 Å². The van der Waals surface area contributed by atoms with Crippen LogP contribution in [0.5, 0.6) is 0 Å². The fourth-order valence-corrected chi connectivity index (χ4v) is 4.42. The first-order chi connectivity index (χ1) is 14.0. The third-order valence-electron chi connectivity index (χ3n) is 5.07. The molecule has 2 heterocycles. The minimum Gasteiger partial charge on any atom is -0.319 e. The Morgan fingerprint density at radius 1 is 0.966 bits per heavy atom. The van der Waals surface area contributed by atoms with E-state index in [2.05, 4.69) is 5.32 Å². The van der Waals surface area contributed by atoms with Crippen molar-refractivity contribution in [2.24, 2.45) is 0 Å². The molecule has 3 amide bonds. The Bertz CT molecular complexity index is 1060. The first-order valence-electron chi connectivity index (χ1n) is 9.33. The lowest BCUT2D eigenvalue weighted by Gasteiger charge is -2.27. The number of carbonyl (C=O) groups is 3. The monoisotopic (exact) mass is 404 g/mol. The van der Waals surface area contributed by atoms with Gasteiger partial charge in [-0.1, -0.05) is 60.7 Å². The number of nitrogens with one attached hydrogen (secondary N) is 1. The van der Waals surface area contributed by atoms with Gasteiger partial charge in [0.2, 0.25) is 0 Å². The highest BCUT2D eigenvalue weighted by molar-refractivity contribution is 7.14. The molecule has 2 aromatic carbocycles. The maximum absolute atomic E-state index is 13.5. The van der Waals surface area contributed by atoms with Gasteiger partial charge in [-0.25, -0.2) is 4.79 Å². The van der Waals surface area contributed by atoms with Crippen molar-refractivity contribution >= 4 is 29.1 Å². The molecule has 0 aliphatic carbocycles. The van der Waals surface area contributed by atoms with Gasteiger partial charge in [-0.15, -0.1) is 11.3 Å². The molecule has 146 valence electrons. The Hall–Kier alpha value is -3.25. The van der Waals surface area contributed by atoms with Gasteiger partial charge in [-0.3, -0.25) is 14.5 Å². The Morgan fingerprint density at radius 2 is 1.62 bits per heavy atom. The van der Waals surface area contributed by atoms with Crippen LogP contribution in [-0.2, 0) is 16.8 Å². The van der Waals surface area contributed by atoms with Crippen molar-refractivity contribution in [1.82, 2.24) is 10.2 Å². The number of hydrogen-bond donors (Lipinski definition) is 1. The molecule has 5 nitrogen and oxygen atoms in total. The van der Waals surface area contributed by atoms with Crippen molar-refractivity contribution in [2.75, 3.05) is 6.54 Å². The molecule has 0 saturated carbocycles. The van der Waals surface area contributed by atoms with Gasteiger partial charge in [0, 0.05) is 11.3 Å². The molecule has 6 heteroatoms. The van der Waals surface area contributed by atoms with Crippen molar-refractivity contribution in [3.63, 3.8) is 0 Å². The van der Waals surface area contributed by atoms with Crippen molar-refractivity contribution in [1.29, 1.82) is 0 Å². The second-order valence-electron chi connectivity index (χ2n) is 7.09. The van der Waals surface area contributed by atoms with Gasteiger partial charge < -0.3 is 5.32 Å². The number of rotatable bonds is 6. The number of hydrogen-bond acceptors (Lipinski definition) is 4. The molecular formula is C23H20N2O3S. The number of urea groups is 1. The van der Waals surface area contributed by atoms with Gasteiger partial charge in [0.25, 0.3) is 5.91 Å². The summed E-state index contributed by atoms with van der Waals surface area (Å²) in [7, 11) is 0. The zero-order valence-corrected chi connectivity index (χ0v) is 16.7. The molecule has 1 aromatic heterocycles. The highest BCUT2D eigenvalue weighted by atomic mass is 32.1. The first-order valence-corrected chi connectivity index (χ1v) is 10.1. The molecule has 29 heavy (non-hydrogen) atoms. The maximum atomic E-state index is 13.5. The largest absolute Gasteiger partial charge is 0.325 e. The summed E-state index contributed by atoms with van der Waals surface area (Å²) < 4.78 is 0. The molecule has 1 saturated heterocycles. The van der Waals surface area contributed by atoms with Crippen LogP contribution < -0.4 is 5.32 Å². The maximum Gasteiger partial charge on any atom is 0.325 e. The van der Waals surface area contributed by atoms with Gasteiger partial charge in [0.1, 0.15) is 0 Å². The van der Waals surface area contributed by atoms with Gasteiger partial charge >= 0.3 is 6.03 Å². The summed E-state index contributed by atoms with van der Waals surface area (Å²) in [5, 5.41) is 2.88. The second-order valence-corrected chi connectivity index (χ2v) is 8.38.